The van der Waals surface area contributed by atoms with Crippen molar-refractivity contribution in [3.05, 3.63) is 60.1 Å². The molecule has 10 heteroatoms. The molecule has 10 nitrogen and oxygen atoms in total. The number of amides is 1. The van der Waals surface area contributed by atoms with Gasteiger partial charge in [0.25, 0.3) is 0 Å². The minimum Gasteiger partial charge on any atom is -0.492 e. The summed E-state index contributed by atoms with van der Waals surface area (Å²) in [5.74, 6) is 0.257. The van der Waals surface area contributed by atoms with Gasteiger partial charge in [0.1, 0.15) is 11.8 Å². The molecule has 0 aliphatic carbocycles. The maximum Gasteiger partial charge on any atom is 0.248 e. The molecule has 206 valence electrons. The number of nitriles is 1. The third kappa shape index (κ3) is 5.76. The van der Waals surface area contributed by atoms with Gasteiger partial charge in [-0.2, -0.15) is 5.26 Å². The molecule has 1 saturated heterocycles. The lowest BCUT2D eigenvalue weighted by atomic mass is 10.0. The predicted octanol–water partition coefficient (Wildman–Crippen LogP) is 4.52. The lowest BCUT2D eigenvalue weighted by Gasteiger charge is -2.25. The van der Waals surface area contributed by atoms with E-state index in [9.17, 15) is 10.1 Å². The molecule has 0 saturated carbocycles. The SMILES string of the molecule is CCOc1cc2nc(CC)c(C#N)c(Nc3ccc4c(c3)ncn4C)c2cc1NC(=O)/C=C/CN1CCOCC1. The van der Waals surface area contributed by atoms with Gasteiger partial charge in [-0.1, -0.05) is 13.0 Å². The average molecular weight is 540 g/mol. The lowest BCUT2D eigenvalue weighted by molar-refractivity contribution is -0.111. The first-order valence-corrected chi connectivity index (χ1v) is 13.5. The van der Waals surface area contributed by atoms with E-state index in [2.05, 4.69) is 26.6 Å². The van der Waals surface area contributed by atoms with E-state index in [4.69, 9.17) is 14.5 Å². The summed E-state index contributed by atoms with van der Waals surface area (Å²) >= 11 is 0. The molecule has 2 aromatic carbocycles. The van der Waals surface area contributed by atoms with Crippen LogP contribution >= 0.6 is 0 Å². The summed E-state index contributed by atoms with van der Waals surface area (Å²) in [5, 5.41) is 17.3. The number of hydrogen-bond acceptors (Lipinski definition) is 8. The molecular formula is C30H33N7O3. The normalized spacial score (nSPS) is 14.1. The van der Waals surface area contributed by atoms with Gasteiger partial charge in [-0.25, -0.2) is 4.98 Å². The number of morpholine rings is 1. The van der Waals surface area contributed by atoms with E-state index < -0.39 is 0 Å². The van der Waals surface area contributed by atoms with Crippen molar-refractivity contribution in [1.82, 2.24) is 19.4 Å². The molecule has 1 amide bonds. The van der Waals surface area contributed by atoms with Gasteiger partial charge in [-0.3, -0.25) is 14.7 Å². The zero-order valence-corrected chi connectivity index (χ0v) is 23.0. The van der Waals surface area contributed by atoms with E-state index in [0.29, 0.717) is 72.1 Å². The molecule has 1 aliphatic rings. The largest absolute Gasteiger partial charge is 0.492 e. The van der Waals surface area contributed by atoms with Crippen LogP contribution in [-0.2, 0) is 23.0 Å². The number of rotatable bonds is 9. The number of nitrogens with one attached hydrogen (secondary N) is 2. The van der Waals surface area contributed by atoms with Crippen LogP contribution in [0.5, 0.6) is 5.75 Å². The maximum atomic E-state index is 12.9. The third-order valence-electron chi connectivity index (χ3n) is 6.90. The minimum absolute atomic E-state index is 0.262. The van der Waals surface area contributed by atoms with Crippen molar-refractivity contribution >= 4 is 44.9 Å². The second kappa shape index (κ2) is 12.2. The number of imidazole rings is 1. The van der Waals surface area contributed by atoms with E-state index in [1.54, 1.807) is 6.33 Å². The number of fused-ring (bicyclic) bond motifs is 2. The summed E-state index contributed by atoms with van der Waals surface area (Å²) in [6, 6.07) is 11.9. The van der Waals surface area contributed by atoms with Crippen LogP contribution < -0.4 is 15.4 Å². The first-order chi connectivity index (χ1) is 19.5. The molecule has 0 unspecified atom stereocenters. The number of benzene rings is 2. The molecule has 0 bridgehead atoms. The van der Waals surface area contributed by atoms with Gasteiger partial charge < -0.3 is 24.7 Å². The molecule has 1 aliphatic heterocycles. The Bertz CT molecular complexity index is 1610. The van der Waals surface area contributed by atoms with Gasteiger partial charge in [-0.05, 0) is 37.6 Å². The molecule has 0 spiro atoms. The van der Waals surface area contributed by atoms with Crippen molar-refractivity contribution in [3.63, 3.8) is 0 Å². The summed E-state index contributed by atoms with van der Waals surface area (Å²) in [4.78, 5) is 24.4. The molecular weight excluding hydrogens is 506 g/mol. The van der Waals surface area contributed by atoms with Crippen molar-refractivity contribution in [3.8, 4) is 11.8 Å². The van der Waals surface area contributed by atoms with Crippen molar-refractivity contribution in [2.45, 2.75) is 20.3 Å². The van der Waals surface area contributed by atoms with Gasteiger partial charge in [0, 0.05) is 49.9 Å². The number of ether oxygens (including phenoxy) is 2. The van der Waals surface area contributed by atoms with Gasteiger partial charge in [0.2, 0.25) is 5.91 Å². The second-order valence-corrected chi connectivity index (χ2v) is 9.56. The fourth-order valence-electron chi connectivity index (χ4n) is 4.85. The Balaban J connectivity index is 1.52. The van der Waals surface area contributed by atoms with Crippen LogP contribution in [0.2, 0.25) is 0 Å². The van der Waals surface area contributed by atoms with Gasteiger partial charge in [-0.15, -0.1) is 0 Å². The number of carbonyl (C=O) groups is 1. The third-order valence-corrected chi connectivity index (χ3v) is 6.90. The maximum absolute atomic E-state index is 12.9. The highest BCUT2D eigenvalue weighted by atomic mass is 16.5. The zero-order valence-electron chi connectivity index (χ0n) is 23.0. The molecule has 0 atom stereocenters. The van der Waals surface area contributed by atoms with Gasteiger partial charge >= 0.3 is 0 Å². The van der Waals surface area contributed by atoms with Crippen molar-refractivity contribution in [1.29, 1.82) is 5.26 Å². The predicted molar refractivity (Wildman–Crippen MR) is 156 cm³/mol. The van der Waals surface area contributed by atoms with Crippen LogP contribution in [0.3, 0.4) is 0 Å². The molecule has 3 heterocycles. The zero-order chi connectivity index (χ0) is 28.1. The Kier molecular flexibility index (Phi) is 8.24. The van der Waals surface area contributed by atoms with Crippen LogP contribution in [0.25, 0.3) is 21.9 Å². The van der Waals surface area contributed by atoms with E-state index in [1.807, 2.05) is 61.9 Å². The monoisotopic (exact) mass is 539 g/mol. The second-order valence-electron chi connectivity index (χ2n) is 9.56. The molecule has 4 aromatic rings. The summed E-state index contributed by atoms with van der Waals surface area (Å²) in [5.41, 5.74) is 5.59. The Morgan fingerprint density at radius 2 is 2.02 bits per heavy atom. The summed E-state index contributed by atoms with van der Waals surface area (Å²) < 4.78 is 13.2. The molecule has 40 heavy (non-hydrogen) atoms. The average Bonchev–Trinajstić information content (AvgIpc) is 3.33. The minimum atomic E-state index is -0.262. The number of aryl methyl sites for hydroxylation is 2. The Labute approximate surface area is 233 Å². The van der Waals surface area contributed by atoms with Crippen molar-refractivity contribution in [2.24, 2.45) is 7.05 Å². The number of anilines is 3. The topological polar surface area (TPSA) is 117 Å². The highest BCUT2D eigenvalue weighted by Gasteiger charge is 2.19. The molecule has 2 N–H and O–H groups in total. The van der Waals surface area contributed by atoms with Gasteiger partial charge in [0.05, 0.1) is 65.3 Å². The number of hydrogen-bond donors (Lipinski definition) is 2. The number of carbonyl (C=O) groups excluding carboxylic acids is 1. The molecule has 0 radical (unpaired) electrons. The van der Waals surface area contributed by atoms with Gasteiger partial charge in [0.15, 0.2) is 0 Å². The van der Waals surface area contributed by atoms with Crippen LogP contribution in [0.15, 0.2) is 48.8 Å². The van der Waals surface area contributed by atoms with E-state index in [-0.39, 0.29) is 5.91 Å². The van der Waals surface area contributed by atoms with Crippen LogP contribution in [-0.4, -0.2) is 64.8 Å². The van der Waals surface area contributed by atoms with Crippen LogP contribution in [0.4, 0.5) is 17.1 Å². The Hall–Kier alpha value is -4.46. The Morgan fingerprint density at radius 1 is 1.20 bits per heavy atom. The summed E-state index contributed by atoms with van der Waals surface area (Å²) in [6.45, 7) is 8.08. The number of aromatic nitrogens is 3. The highest BCUT2D eigenvalue weighted by Crippen LogP contribution is 2.38. The number of nitrogens with zero attached hydrogens (tertiary/aromatic N) is 5. The molecule has 2 aromatic heterocycles. The fourth-order valence-corrected chi connectivity index (χ4v) is 4.85. The summed E-state index contributed by atoms with van der Waals surface area (Å²) in [7, 11) is 1.95. The molecule has 1 fully saturated rings. The van der Waals surface area contributed by atoms with E-state index in [1.165, 1.54) is 6.08 Å². The van der Waals surface area contributed by atoms with Crippen molar-refractivity contribution in [2.75, 3.05) is 50.1 Å². The fraction of sp³-hybridized carbons (Fsp3) is 0.333. The number of pyridine rings is 1. The highest BCUT2D eigenvalue weighted by molar-refractivity contribution is 6.05. The van der Waals surface area contributed by atoms with Crippen LogP contribution in [0, 0.1) is 11.3 Å². The molecule has 5 rings (SSSR count). The van der Waals surface area contributed by atoms with E-state index in [0.717, 1.165) is 29.8 Å². The van der Waals surface area contributed by atoms with Crippen LogP contribution in [0.1, 0.15) is 25.1 Å². The first kappa shape index (κ1) is 27.1. The van der Waals surface area contributed by atoms with Crippen molar-refractivity contribution < 1.29 is 14.3 Å². The van der Waals surface area contributed by atoms with E-state index >= 15 is 0 Å². The first-order valence-electron chi connectivity index (χ1n) is 13.5. The lowest BCUT2D eigenvalue weighted by Crippen LogP contribution is -2.36. The smallest absolute Gasteiger partial charge is 0.248 e. The Morgan fingerprint density at radius 3 is 2.77 bits per heavy atom. The summed E-state index contributed by atoms with van der Waals surface area (Å²) in [6.07, 6.45) is 5.75. The standard InChI is InChI=1S/C30H33N7O3/c1-4-23-22(18-31)30(33-20-8-9-27-25(15-20)32-19-36(27)3)21-16-26(28(40-5-2)17-24(21)34-23)35-29(38)7-6-10-37-11-13-39-14-12-37/h6-9,15-17,19H,4-5,10-14H2,1-3H3,(H,33,34)(H,35,38)/b7-6+. The quantitative estimate of drug-likeness (QED) is 0.298.